The van der Waals surface area contributed by atoms with Gasteiger partial charge in [0.05, 0.1) is 53.5 Å². The number of nitro groups is 1. The summed E-state index contributed by atoms with van der Waals surface area (Å²) in [6, 6.07) is 13.2. The summed E-state index contributed by atoms with van der Waals surface area (Å²) in [6.45, 7) is 1.55. The highest BCUT2D eigenvalue weighted by Gasteiger charge is 2.31. The number of amides is 1. The third-order valence-corrected chi connectivity index (χ3v) is 10.3. The lowest BCUT2D eigenvalue weighted by molar-refractivity contribution is -0.385. The summed E-state index contributed by atoms with van der Waals surface area (Å²) in [7, 11) is -5.67. The van der Waals surface area contributed by atoms with Gasteiger partial charge in [-0.3, -0.25) is 19.2 Å². The Labute approximate surface area is 249 Å². The van der Waals surface area contributed by atoms with E-state index in [2.05, 4.69) is 5.32 Å². The molecular formula is C27H30N4O10S2. The van der Waals surface area contributed by atoms with Crippen LogP contribution >= 0.6 is 0 Å². The third kappa shape index (κ3) is 6.88. The summed E-state index contributed by atoms with van der Waals surface area (Å²) in [5.74, 6) is -0.262. The predicted octanol–water partition coefficient (Wildman–Crippen LogP) is 2.78. The van der Waals surface area contributed by atoms with Gasteiger partial charge in [-0.2, -0.15) is 4.31 Å². The molecule has 0 spiro atoms. The van der Waals surface area contributed by atoms with E-state index in [-0.39, 0.29) is 53.9 Å². The molecule has 0 aliphatic carbocycles. The molecule has 1 N–H and O–H groups in total. The minimum Gasteiger partial charge on any atom is -0.497 e. The number of anilines is 2. The molecule has 0 saturated carbocycles. The molecule has 0 radical (unpaired) electrons. The molecule has 1 aliphatic rings. The van der Waals surface area contributed by atoms with E-state index in [0.29, 0.717) is 5.75 Å². The van der Waals surface area contributed by atoms with E-state index in [1.54, 1.807) is 0 Å². The van der Waals surface area contributed by atoms with Gasteiger partial charge in [-0.1, -0.05) is 6.07 Å². The van der Waals surface area contributed by atoms with Crippen LogP contribution in [-0.2, 0) is 29.6 Å². The Hall–Kier alpha value is -4.25. The highest BCUT2D eigenvalue weighted by molar-refractivity contribution is 7.92. The summed E-state index contributed by atoms with van der Waals surface area (Å²) in [6.07, 6.45) is 0. The second-order valence-corrected chi connectivity index (χ2v) is 13.1. The van der Waals surface area contributed by atoms with Crippen molar-refractivity contribution in [2.24, 2.45) is 0 Å². The largest absolute Gasteiger partial charge is 0.497 e. The van der Waals surface area contributed by atoms with Crippen LogP contribution in [0.5, 0.6) is 11.5 Å². The number of nitro benzene ring substituents is 1. The number of carbonyl (C=O) groups excluding carboxylic acids is 1. The summed E-state index contributed by atoms with van der Waals surface area (Å²) in [5, 5.41) is 14.1. The van der Waals surface area contributed by atoms with Crippen LogP contribution in [0.2, 0.25) is 0 Å². The van der Waals surface area contributed by atoms with E-state index in [1.807, 2.05) is 0 Å². The smallest absolute Gasteiger partial charge is 0.273 e. The van der Waals surface area contributed by atoms with Gasteiger partial charge >= 0.3 is 0 Å². The Bertz CT molecular complexity index is 1720. The highest BCUT2D eigenvalue weighted by Crippen LogP contribution is 2.31. The van der Waals surface area contributed by atoms with E-state index >= 15 is 0 Å². The number of aryl methyl sites for hydroxylation is 1. The van der Waals surface area contributed by atoms with E-state index in [4.69, 9.17) is 14.2 Å². The minimum atomic E-state index is -4.51. The molecule has 230 valence electrons. The number of nitrogens with one attached hydrogen (secondary N) is 1. The van der Waals surface area contributed by atoms with Crippen molar-refractivity contribution in [2.45, 2.75) is 16.7 Å². The molecule has 1 saturated heterocycles. The molecule has 1 heterocycles. The zero-order chi connectivity index (χ0) is 31.4. The standard InChI is InChI=1S/C27H30N4O10S2/c1-19-4-9-23(17-25(19)31(33)34)43(37,38)30(20-5-7-21(39-2)8-6-20)18-27(32)28-24-16-22(10-11-26(24)40-3)42(35,36)29-12-14-41-15-13-29/h4-11,16-17H,12-15,18H2,1-3H3,(H,28,32). The zero-order valence-corrected chi connectivity index (χ0v) is 25.2. The molecule has 4 rings (SSSR count). The number of methoxy groups -OCH3 is 2. The highest BCUT2D eigenvalue weighted by atomic mass is 32.2. The maximum Gasteiger partial charge on any atom is 0.273 e. The van der Waals surface area contributed by atoms with E-state index in [0.717, 1.165) is 10.4 Å². The van der Waals surface area contributed by atoms with Crippen molar-refractivity contribution >= 4 is 43.0 Å². The van der Waals surface area contributed by atoms with Crippen molar-refractivity contribution in [3.05, 3.63) is 76.3 Å². The van der Waals surface area contributed by atoms with Crippen LogP contribution in [0.15, 0.2) is 70.5 Å². The summed E-state index contributed by atoms with van der Waals surface area (Å²) in [4.78, 5) is 23.7. The number of hydrogen-bond acceptors (Lipinski definition) is 10. The number of rotatable bonds is 11. The number of benzene rings is 3. The summed E-state index contributed by atoms with van der Waals surface area (Å²) < 4.78 is 71.8. The van der Waals surface area contributed by atoms with Crippen LogP contribution in [0.3, 0.4) is 0 Å². The zero-order valence-electron chi connectivity index (χ0n) is 23.5. The van der Waals surface area contributed by atoms with E-state index in [1.165, 1.54) is 80.0 Å². The second-order valence-electron chi connectivity index (χ2n) is 9.34. The van der Waals surface area contributed by atoms with Crippen LogP contribution in [0.1, 0.15) is 5.56 Å². The van der Waals surface area contributed by atoms with Crippen LogP contribution in [-0.4, -0.2) is 79.0 Å². The van der Waals surface area contributed by atoms with Crippen molar-refractivity contribution in [2.75, 3.05) is 56.7 Å². The molecule has 0 aromatic heterocycles. The Morgan fingerprint density at radius 3 is 2.23 bits per heavy atom. The first-order valence-electron chi connectivity index (χ1n) is 12.9. The molecule has 16 heteroatoms. The van der Waals surface area contributed by atoms with Crippen molar-refractivity contribution in [1.29, 1.82) is 0 Å². The van der Waals surface area contributed by atoms with Crippen LogP contribution in [0, 0.1) is 17.0 Å². The van der Waals surface area contributed by atoms with E-state index in [9.17, 15) is 31.7 Å². The average Bonchev–Trinajstić information content (AvgIpc) is 3.00. The Kier molecular flexibility index (Phi) is 9.54. The molecule has 0 atom stereocenters. The topological polar surface area (TPSA) is 175 Å². The van der Waals surface area contributed by atoms with E-state index < -0.39 is 48.0 Å². The maximum atomic E-state index is 13.8. The second kappa shape index (κ2) is 12.9. The van der Waals surface area contributed by atoms with Gasteiger partial charge in [0.2, 0.25) is 15.9 Å². The van der Waals surface area contributed by atoms with Crippen LogP contribution < -0.4 is 19.1 Å². The quantitative estimate of drug-likeness (QED) is 0.244. The Morgan fingerprint density at radius 1 is 0.977 bits per heavy atom. The van der Waals surface area contributed by atoms with Gasteiger partial charge < -0.3 is 19.5 Å². The molecule has 3 aromatic carbocycles. The lowest BCUT2D eigenvalue weighted by atomic mass is 10.2. The molecule has 0 bridgehead atoms. The monoisotopic (exact) mass is 634 g/mol. The van der Waals surface area contributed by atoms with Crippen molar-refractivity contribution in [1.82, 2.24) is 4.31 Å². The summed E-state index contributed by atoms with van der Waals surface area (Å²) in [5.41, 5.74) is -0.0605. The third-order valence-electron chi connectivity index (χ3n) is 6.67. The number of nitrogens with zero attached hydrogens (tertiary/aromatic N) is 3. The van der Waals surface area contributed by atoms with Gasteiger partial charge in [0.1, 0.15) is 18.0 Å². The van der Waals surface area contributed by atoms with Gasteiger partial charge in [0.25, 0.3) is 15.7 Å². The first-order chi connectivity index (χ1) is 20.4. The number of hydrogen-bond donors (Lipinski definition) is 1. The molecule has 1 amide bonds. The van der Waals surface area contributed by atoms with Gasteiger partial charge in [-0.25, -0.2) is 16.8 Å². The lowest BCUT2D eigenvalue weighted by Gasteiger charge is -2.26. The fraction of sp³-hybridized carbons (Fsp3) is 0.296. The fourth-order valence-electron chi connectivity index (χ4n) is 4.34. The predicted molar refractivity (Wildman–Crippen MR) is 157 cm³/mol. The lowest BCUT2D eigenvalue weighted by Crippen LogP contribution is -2.40. The molecule has 0 unspecified atom stereocenters. The Morgan fingerprint density at radius 2 is 1.63 bits per heavy atom. The minimum absolute atomic E-state index is 0.000105. The van der Waals surface area contributed by atoms with Gasteiger partial charge in [0.15, 0.2) is 0 Å². The van der Waals surface area contributed by atoms with Crippen molar-refractivity contribution in [3.63, 3.8) is 0 Å². The SMILES string of the molecule is COc1ccc(N(CC(=O)Nc2cc(S(=O)(=O)N3CCOCC3)ccc2OC)S(=O)(=O)c2ccc(C)c([N+](=O)[O-])c2)cc1. The van der Waals surface area contributed by atoms with Gasteiger partial charge in [-0.15, -0.1) is 0 Å². The van der Waals surface area contributed by atoms with Crippen LogP contribution in [0.4, 0.5) is 17.1 Å². The van der Waals surface area contributed by atoms with Gasteiger partial charge in [-0.05, 0) is 55.5 Å². The molecule has 14 nitrogen and oxygen atoms in total. The first-order valence-corrected chi connectivity index (χ1v) is 15.7. The molecular weight excluding hydrogens is 604 g/mol. The number of ether oxygens (including phenoxy) is 3. The number of sulfonamides is 2. The fourth-order valence-corrected chi connectivity index (χ4v) is 7.21. The number of morpholine rings is 1. The Balaban J connectivity index is 1.69. The van der Waals surface area contributed by atoms with Crippen LogP contribution in [0.25, 0.3) is 0 Å². The number of carbonyl (C=O) groups is 1. The summed E-state index contributed by atoms with van der Waals surface area (Å²) >= 11 is 0. The van der Waals surface area contributed by atoms with Crippen molar-refractivity contribution < 1.29 is 40.8 Å². The maximum absolute atomic E-state index is 13.8. The normalized spacial score (nSPS) is 14.1. The molecule has 3 aromatic rings. The average molecular weight is 635 g/mol. The molecule has 1 fully saturated rings. The first kappa shape index (κ1) is 31.7. The molecule has 43 heavy (non-hydrogen) atoms. The molecule has 1 aliphatic heterocycles. The van der Waals surface area contributed by atoms with Gasteiger partial charge in [0, 0.05) is 24.7 Å². The van der Waals surface area contributed by atoms with Crippen molar-refractivity contribution in [3.8, 4) is 11.5 Å².